The maximum Gasteiger partial charge on any atom is 0.342 e. The van der Waals surface area contributed by atoms with Crippen LogP contribution in [0.2, 0.25) is 0 Å². The van der Waals surface area contributed by atoms with Crippen LogP contribution in [0.4, 0.5) is 8.78 Å². The lowest BCUT2D eigenvalue weighted by Gasteiger charge is -2.32. The second-order valence-electron chi connectivity index (χ2n) is 10.1. The summed E-state index contributed by atoms with van der Waals surface area (Å²) in [6.07, 6.45) is 4.59. The van der Waals surface area contributed by atoms with E-state index >= 15 is 4.39 Å². The predicted octanol–water partition coefficient (Wildman–Crippen LogP) is 5.67. The molecule has 1 N–H and O–H groups in total. The van der Waals surface area contributed by atoms with Gasteiger partial charge in [0.2, 0.25) is 11.9 Å². The first-order valence-electron chi connectivity index (χ1n) is 13.1. The Hall–Kier alpha value is -4.12. The van der Waals surface area contributed by atoms with E-state index in [1.807, 2.05) is 22.4 Å². The van der Waals surface area contributed by atoms with Crippen LogP contribution in [0, 0.1) is 17.7 Å². The van der Waals surface area contributed by atoms with Crippen LogP contribution >= 0.6 is 11.3 Å². The summed E-state index contributed by atoms with van der Waals surface area (Å²) in [5.74, 6) is -1.89. The number of amides is 1. The molecule has 1 saturated carbocycles. The average Bonchev–Trinajstić information content (AvgIpc) is 3.58. The maximum absolute atomic E-state index is 15.0. The Labute approximate surface area is 232 Å². The van der Waals surface area contributed by atoms with Gasteiger partial charge in [-0.15, -0.1) is 11.3 Å². The average molecular weight is 565 g/mol. The number of halogens is 2. The van der Waals surface area contributed by atoms with Gasteiger partial charge in [-0.3, -0.25) is 4.79 Å². The number of benzene rings is 1. The summed E-state index contributed by atoms with van der Waals surface area (Å²) < 4.78 is 36.2. The number of ether oxygens (including phenoxy) is 1. The van der Waals surface area contributed by atoms with Crippen LogP contribution in [0.3, 0.4) is 0 Å². The zero-order valence-electron chi connectivity index (χ0n) is 21.4. The summed E-state index contributed by atoms with van der Waals surface area (Å²) in [6.45, 7) is 1.52. The summed E-state index contributed by atoms with van der Waals surface area (Å²) in [4.78, 5) is 30.7. The third-order valence-corrected chi connectivity index (χ3v) is 8.39. The largest absolute Gasteiger partial charge is 0.486 e. The van der Waals surface area contributed by atoms with Crippen LogP contribution in [0.25, 0.3) is 16.4 Å². The van der Waals surface area contributed by atoms with E-state index < -0.39 is 23.3 Å². The number of hydrogen-bond acceptors (Lipinski definition) is 6. The number of carbonyl (C=O) groups excluding carboxylic acids is 1. The van der Waals surface area contributed by atoms with E-state index in [4.69, 9.17) is 9.84 Å². The lowest BCUT2D eigenvalue weighted by Crippen LogP contribution is -2.38. The number of thiophene rings is 1. The lowest BCUT2D eigenvalue weighted by molar-refractivity contribution is -0.133. The minimum atomic E-state index is -1.41. The van der Waals surface area contributed by atoms with Crippen molar-refractivity contribution in [3.63, 3.8) is 0 Å². The molecule has 1 aromatic carbocycles. The number of likely N-dealkylation sites (tertiary alicyclic amines) is 1. The number of carboxylic acid groups (broad SMARTS) is 1. The molecule has 4 aromatic rings. The molecule has 6 rings (SSSR count). The van der Waals surface area contributed by atoms with Crippen molar-refractivity contribution >= 4 is 23.2 Å². The van der Waals surface area contributed by atoms with E-state index in [0.29, 0.717) is 18.8 Å². The molecule has 206 valence electrons. The molecular weight excluding hydrogens is 538 g/mol. The number of pyridine rings is 1. The summed E-state index contributed by atoms with van der Waals surface area (Å²) in [5, 5.41) is 14.8. The molecular formula is C29H26F2N4O4S. The molecule has 2 fully saturated rings. The molecule has 2 aliphatic rings. The minimum absolute atomic E-state index is 0.0992. The van der Waals surface area contributed by atoms with Gasteiger partial charge in [0.05, 0.1) is 16.8 Å². The number of aromatic carboxylic acids is 1. The molecule has 0 bridgehead atoms. The molecule has 8 nitrogen and oxygen atoms in total. The maximum atomic E-state index is 15.0. The van der Waals surface area contributed by atoms with Crippen LogP contribution in [0.1, 0.15) is 53.1 Å². The van der Waals surface area contributed by atoms with E-state index in [1.165, 1.54) is 23.5 Å². The van der Waals surface area contributed by atoms with E-state index in [-0.39, 0.29) is 35.9 Å². The SMILES string of the molecule is O=C(O)c1cnn(-c2cccc(-c3sccc3COc3ccc(C4CCN(C(=O)C5CC5)CC4)cc3F)n2)c1F. The van der Waals surface area contributed by atoms with Gasteiger partial charge >= 0.3 is 5.97 Å². The van der Waals surface area contributed by atoms with E-state index in [1.54, 1.807) is 18.2 Å². The lowest BCUT2D eigenvalue weighted by atomic mass is 9.89. The van der Waals surface area contributed by atoms with E-state index in [9.17, 15) is 14.0 Å². The van der Waals surface area contributed by atoms with Gasteiger partial charge in [0.15, 0.2) is 17.4 Å². The Morgan fingerprint density at radius 2 is 1.88 bits per heavy atom. The monoisotopic (exact) mass is 564 g/mol. The summed E-state index contributed by atoms with van der Waals surface area (Å²) in [5.41, 5.74) is 1.68. The second kappa shape index (κ2) is 10.8. The quantitative estimate of drug-likeness (QED) is 0.296. The second-order valence-corrected chi connectivity index (χ2v) is 11.0. The van der Waals surface area contributed by atoms with Crippen molar-refractivity contribution < 1.29 is 28.2 Å². The first kappa shape index (κ1) is 26.1. The topological polar surface area (TPSA) is 97.5 Å². The molecule has 0 unspecified atom stereocenters. The van der Waals surface area contributed by atoms with Crippen molar-refractivity contribution in [1.29, 1.82) is 0 Å². The molecule has 3 aromatic heterocycles. The van der Waals surface area contributed by atoms with Gasteiger partial charge in [-0.25, -0.2) is 14.2 Å². The molecule has 1 saturated heterocycles. The highest BCUT2D eigenvalue weighted by Crippen LogP contribution is 2.36. The number of aromatic nitrogens is 3. The summed E-state index contributed by atoms with van der Waals surface area (Å²) in [7, 11) is 0. The predicted molar refractivity (Wildman–Crippen MR) is 144 cm³/mol. The van der Waals surface area contributed by atoms with Gasteiger partial charge in [-0.05, 0) is 72.9 Å². The molecule has 11 heteroatoms. The van der Waals surface area contributed by atoms with Crippen molar-refractivity contribution in [1.82, 2.24) is 19.7 Å². The number of nitrogens with zero attached hydrogens (tertiary/aromatic N) is 4. The van der Waals surface area contributed by atoms with Crippen LogP contribution in [-0.4, -0.2) is 49.7 Å². The standard InChI is InChI=1S/C29H26F2N4O4S/c30-22-14-19(17-8-11-34(12-9-17)28(36)18-4-5-18)6-7-24(22)39-16-20-10-13-40-26(20)23-2-1-3-25(33-23)35-27(31)21(15-32-35)29(37)38/h1-3,6-7,10,13-15,17-18H,4-5,8-9,11-12,16H2,(H,37,38). The third kappa shape index (κ3) is 5.21. The van der Waals surface area contributed by atoms with Crippen molar-refractivity contribution in [3.05, 3.63) is 82.5 Å². The Morgan fingerprint density at radius 1 is 1.07 bits per heavy atom. The number of carboxylic acids is 1. The Kier molecular flexibility index (Phi) is 7.05. The van der Waals surface area contributed by atoms with Gasteiger partial charge < -0.3 is 14.7 Å². The fraction of sp³-hybridized carbons (Fsp3) is 0.310. The van der Waals surface area contributed by atoms with Crippen LogP contribution < -0.4 is 4.74 Å². The fourth-order valence-electron chi connectivity index (χ4n) is 5.04. The van der Waals surface area contributed by atoms with Gasteiger partial charge in [0.25, 0.3) is 0 Å². The summed E-state index contributed by atoms with van der Waals surface area (Å²) >= 11 is 1.41. The van der Waals surface area contributed by atoms with Crippen molar-refractivity contribution in [2.45, 2.75) is 38.2 Å². The molecule has 0 atom stereocenters. The smallest absolute Gasteiger partial charge is 0.342 e. The minimum Gasteiger partial charge on any atom is -0.486 e. The Bertz CT molecular complexity index is 1570. The van der Waals surface area contributed by atoms with Gasteiger partial charge in [0.1, 0.15) is 12.2 Å². The number of carbonyl (C=O) groups is 2. The van der Waals surface area contributed by atoms with E-state index in [2.05, 4.69) is 10.1 Å². The van der Waals surface area contributed by atoms with Gasteiger partial charge in [0, 0.05) is 24.6 Å². The molecule has 0 spiro atoms. The zero-order chi connectivity index (χ0) is 27.8. The molecule has 40 heavy (non-hydrogen) atoms. The van der Waals surface area contributed by atoms with Crippen molar-refractivity contribution in [2.75, 3.05) is 13.1 Å². The number of piperidine rings is 1. The Balaban J connectivity index is 1.12. The number of rotatable bonds is 8. The van der Waals surface area contributed by atoms with E-state index in [0.717, 1.165) is 52.6 Å². The van der Waals surface area contributed by atoms with Crippen LogP contribution in [0.5, 0.6) is 5.75 Å². The first-order chi connectivity index (χ1) is 19.4. The molecule has 0 radical (unpaired) electrons. The zero-order valence-corrected chi connectivity index (χ0v) is 22.2. The Morgan fingerprint density at radius 3 is 2.58 bits per heavy atom. The molecule has 1 aliphatic carbocycles. The molecule has 4 heterocycles. The van der Waals surface area contributed by atoms with Crippen LogP contribution in [0.15, 0.2) is 54.0 Å². The fourth-order valence-corrected chi connectivity index (χ4v) is 5.92. The van der Waals surface area contributed by atoms with Gasteiger partial charge in [-0.2, -0.15) is 14.2 Å². The first-order valence-corrected chi connectivity index (χ1v) is 14.0. The number of hydrogen-bond donors (Lipinski definition) is 1. The molecule has 1 amide bonds. The molecule has 1 aliphatic heterocycles. The highest BCUT2D eigenvalue weighted by molar-refractivity contribution is 7.13. The highest BCUT2D eigenvalue weighted by Gasteiger charge is 2.35. The highest BCUT2D eigenvalue weighted by atomic mass is 32.1. The van der Waals surface area contributed by atoms with Gasteiger partial charge in [-0.1, -0.05) is 12.1 Å². The normalized spacial score (nSPS) is 15.8. The third-order valence-electron chi connectivity index (χ3n) is 7.42. The summed E-state index contributed by atoms with van der Waals surface area (Å²) in [6, 6.07) is 11.9. The van der Waals surface area contributed by atoms with Crippen molar-refractivity contribution in [3.8, 4) is 22.1 Å². The van der Waals surface area contributed by atoms with Crippen molar-refractivity contribution in [2.24, 2.45) is 5.92 Å². The van der Waals surface area contributed by atoms with Crippen LogP contribution in [-0.2, 0) is 11.4 Å².